The summed E-state index contributed by atoms with van der Waals surface area (Å²) in [6.45, 7) is 5.56. The van der Waals surface area contributed by atoms with E-state index < -0.39 is 0 Å². The number of nitrogens with zero attached hydrogens (tertiary/aromatic N) is 5. The molecule has 1 aromatic carbocycles. The van der Waals surface area contributed by atoms with Crippen molar-refractivity contribution in [2.75, 3.05) is 39.2 Å². The number of aromatic nitrogens is 3. The molecule has 0 N–H and O–H groups in total. The molecule has 2 heterocycles. The van der Waals surface area contributed by atoms with Crippen LogP contribution in [0.1, 0.15) is 36.8 Å². The second-order valence-electron chi connectivity index (χ2n) is 7.22. The van der Waals surface area contributed by atoms with Crippen LogP contribution in [0.3, 0.4) is 0 Å². The maximum Gasteiger partial charge on any atom is 0.280 e. The van der Waals surface area contributed by atoms with Crippen molar-refractivity contribution >= 4 is 45.0 Å². The molecular formula is C20H28ClN5O2S. The highest BCUT2D eigenvalue weighted by Crippen LogP contribution is 2.32. The lowest BCUT2D eigenvalue weighted by Crippen LogP contribution is -2.33. The van der Waals surface area contributed by atoms with E-state index in [1.807, 2.05) is 52.3 Å². The van der Waals surface area contributed by atoms with E-state index >= 15 is 0 Å². The summed E-state index contributed by atoms with van der Waals surface area (Å²) in [7, 11) is 5.70. The second kappa shape index (κ2) is 10.0. The number of halogens is 1. The minimum absolute atomic E-state index is 0. The lowest BCUT2D eigenvalue weighted by molar-refractivity contribution is 0.0980. The predicted molar refractivity (Wildman–Crippen MR) is 121 cm³/mol. The van der Waals surface area contributed by atoms with Crippen LogP contribution in [0.2, 0.25) is 0 Å². The third-order valence-corrected chi connectivity index (χ3v) is 5.45. The van der Waals surface area contributed by atoms with Gasteiger partial charge in [-0.15, -0.1) is 12.4 Å². The topological polar surface area (TPSA) is 63.5 Å². The van der Waals surface area contributed by atoms with Gasteiger partial charge in [0.2, 0.25) is 0 Å². The fraction of sp³-hybridized carbons (Fsp3) is 0.450. The lowest BCUT2D eigenvalue weighted by Gasteiger charge is -2.20. The number of benzene rings is 1. The Kier molecular flexibility index (Phi) is 8.01. The van der Waals surface area contributed by atoms with Crippen molar-refractivity contribution in [3.8, 4) is 5.75 Å². The molecule has 158 valence electrons. The zero-order chi connectivity index (χ0) is 20.3. The number of rotatable bonds is 8. The van der Waals surface area contributed by atoms with Crippen molar-refractivity contribution in [3.63, 3.8) is 0 Å². The van der Waals surface area contributed by atoms with Gasteiger partial charge in [-0.3, -0.25) is 14.4 Å². The van der Waals surface area contributed by atoms with Crippen molar-refractivity contribution in [3.05, 3.63) is 36.2 Å². The van der Waals surface area contributed by atoms with E-state index in [4.69, 9.17) is 9.72 Å². The number of hydrogen-bond donors (Lipinski definition) is 0. The first-order chi connectivity index (χ1) is 13.4. The van der Waals surface area contributed by atoms with E-state index in [-0.39, 0.29) is 24.4 Å². The Morgan fingerprint density at radius 1 is 1.24 bits per heavy atom. The Labute approximate surface area is 181 Å². The first-order valence-corrected chi connectivity index (χ1v) is 10.2. The SMILES string of the molecule is COc1ccc2nc(N(CCCN(C)C)C(=O)c3ccn(C(C)C)n3)sc2c1.Cl. The molecule has 1 amide bonds. The van der Waals surface area contributed by atoms with Gasteiger partial charge in [0.1, 0.15) is 5.75 Å². The Morgan fingerprint density at radius 3 is 2.62 bits per heavy atom. The molecule has 0 aliphatic heterocycles. The van der Waals surface area contributed by atoms with Crippen molar-refractivity contribution in [2.24, 2.45) is 0 Å². The lowest BCUT2D eigenvalue weighted by atomic mass is 10.3. The summed E-state index contributed by atoms with van der Waals surface area (Å²) in [5.74, 6) is 0.660. The first kappa shape index (κ1) is 23.1. The van der Waals surface area contributed by atoms with E-state index in [1.54, 1.807) is 22.8 Å². The number of carbonyl (C=O) groups is 1. The van der Waals surface area contributed by atoms with Crippen molar-refractivity contribution in [1.82, 2.24) is 19.7 Å². The van der Waals surface area contributed by atoms with Gasteiger partial charge in [0.15, 0.2) is 10.8 Å². The molecule has 0 fully saturated rings. The van der Waals surface area contributed by atoms with Gasteiger partial charge in [-0.05, 0) is 65.2 Å². The third kappa shape index (κ3) is 5.46. The number of hydrogen-bond acceptors (Lipinski definition) is 6. The zero-order valence-corrected chi connectivity index (χ0v) is 19.1. The average Bonchev–Trinajstić information content (AvgIpc) is 3.30. The van der Waals surface area contributed by atoms with Gasteiger partial charge in [-0.1, -0.05) is 11.3 Å². The summed E-state index contributed by atoms with van der Waals surface area (Å²) < 4.78 is 8.10. The Bertz CT molecular complexity index is 953. The van der Waals surface area contributed by atoms with E-state index in [0.29, 0.717) is 17.4 Å². The fourth-order valence-electron chi connectivity index (χ4n) is 2.84. The smallest absolute Gasteiger partial charge is 0.280 e. The van der Waals surface area contributed by atoms with Crippen LogP contribution in [0.25, 0.3) is 10.2 Å². The minimum Gasteiger partial charge on any atom is -0.497 e. The minimum atomic E-state index is -0.121. The molecule has 0 spiro atoms. The first-order valence-electron chi connectivity index (χ1n) is 9.35. The summed E-state index contributed by atoms with van der Waals surface area (Å²) in [4.78, 5) is 21.8. The van der Waals surface area contributed by atoms with E-state index in [0.717, 1.165) is 28.9 Å². The number of amides is 1. The van der Waals surface area contributed by atoms with Gasteiger partial charge >= 0.3 is 0 Å². The fourth-order valence-corrected chi connectivity index (χ4v) is 3.86. The van der Waals surface area contributed by atoms with Gasteiger partial charge in [0.05, 0.1) is 17.3 Å². The maximum absolute atomic E-state index is 13.2. The standard InChI is InChI=1S/C20H27N5O2S.ClH/c1-14(2)25-12-9-17(22-25)19(26)24(11-6-10-23(3)4)20-21-16-8-7-15(27-5)13-18(16)28-20;/h7-9,12-14H,6,10-11H2,1-5H3;1H. The monoisotopic (exact) mass is 437 g/mol. The van der Waals surface area contributed by atoms with Crippen LogP contribution in [-0.4, -0.2) is 59.9 Å². The maximum atomic E-state index is 13.2. The van der Waals surface area contributed by atoms with Crippen molar-refractivity contribution in [2.45, 2.75) is 26.3 Å². The number of carbonyl (C=O) groups excluding carboxylic acids is 1. The molecule has 0 bridgehead atoms. The molecule has 3 aromatic rings. The van der Waals surface area contributed by atoms with Crippen LogP contribution in [0.15, 0.2) is 30.5 Å². The molecule has 0 aliphatic carbocycles. The van der Waals surface area contributed by atoms with Crippen LogP contribution >= 0.6 is 23.7 Å². The zero-order valence-electron chi connectivity index (χ0n) is 17.5. The number of methoxy groups -OCH3 is 1. The Hall–Kier alpha value is -2.16. The number of ether oxygens (including phenoxy) is 1. The summed E-state index contributed by atoms with van der Waals surface area (Å²) in [5.41, 5.74) is 1.30. The number of anilines is 1. The molecule has 29 heavy (non-hydrogen) atoms. The largest absolute Gasteiger partial charge is 0.497 e. The van der Waals surface area contributed by atoms with Crippen LogP contribution in [0.5, 0.6) is 5.75 Å². The predicted octanol–water partition coefficient (Wildman–Crippen LogP) is 4.10. The van der Waals surface area contributed by atoms with Gasteiger partial charge in [-0.2, -0.15) is 5.10 Å². The summed E-state index contributed by atoms with van der Waals surface area (Å²) in [5, 5.41) is 5.14. The third-order valence-electron chi connectivity index (χ3n) is 4.40. The van der Waals surface area contributed by atoms with E-state index in [2.05, 4.69) is 10.00 Å². The van der Waals surface area contributed by atoms with Crippen LogP contribution in [-0.2, 0) is 0 Å². The molecule has 3 rings (SSSR count). The van der Waals surface area contributed by atoms with Gasteiger partial charge < -0.3 is 9.64 Å². The van der Waals surface area contributed by atoms with Crippen LogP contribution in [0.4, 0.5) is 5.13 Å². The Morgan fingerprint density at radius 2 is 2.00 bits per heavy atom. The molecule has 9 heteroatoms. The molecule has 0 saturated heterocycles. The van der Waals surface area contributed by atoms with Crippen LogP contribution in [0, 0.1) is 0 Å². The molecule has 0 unspecified atom stereocenters. The van der Waals surface area contributed by atoms with Crippen molar-refractivity contribution < 1.29 is 9.53 Å². The average molecular weight is 438 g/mol. The van der Waals surface area contributed by atoms with Gasteiger partial charge in [-0.25, -0.2) is 4.98 Å². The summed E-state index contributed by atoms with van der Waals surface area (Å²) in [6.07, 6.45) is 2.70. The highest BCUT2D eigenvalue weighted by Gasteiger charge is 2.23. The van der Waals surface area contributed by atoms with Gasteiger partial charge in [0.25, 0.3) is 5.91 Å². The molecule has 7 nitrogen and oxygen atoms in total. The molecular weight excluding hydrogens is 410 g/mol. The normalized spacial score (nSPS) is 11.1. The van der Waals surface area contributed by atoms with Crippen molar-refractivity contribution in [1.29, 1.82) is 0 Å². The number of fused-ring (bicyclic) bond motifs is 1. The number of thiazole rings is 1. The van der Waals surface area contributed by atoms with E-state index in [9.17, 15) is 4.79 Å². The highest BCUT2D eigenvalue weighted by atomic mass is 35.5. The Balaban J connectivity index is 0.00000300. The van der Waals surface area contributed by atoms with Gasteiger partial charge in [0, 0.05) is 18.8 Å². The van der Waals surface area contributed by atoms with E-state index in [1.165, 1.54) is 11.3 Å². The molecule has 0 atom stereocenters. The molecule has 2 aromatic heterocycles. The quantitative estimate of drug-likeness (QED) is 0.530. The summed E-state index contributed by atoms with van der Waals surface area (Å²) in [6, 6.07) is 7.74. The second-order valence-corrected chi connectivity index (χ2v) is 8.23. The molecule has 0 saturated carbocycles. The molecule has 0 radical (unpaired) electrons. The summed E-state index contributed by atoms with van der Waals surface area (Å²) >= 11 is 1.50. The molecule has 0 aliphatic rings. The highest BCUT2D eigenvalue weighted by molar-refractivity contribution is 7.22. The van der Waals surface area contributed by atoms with Crippen LogP contribution < -0.4 is 9.64 Å².